The number of ether oxygens (including phenoxy) is 1. The van der Waals surface area contributed by atoms with Gasteiger partial charge in [0.05, 0.1) is 5.56 Å². The monoisotopic (exact) mass is 225 g/mol. The summed E-state index contributed by atoms with van der Waals surface area (Å²) in [6.45, 7) is -0.0865. The Hall–Kier alpha value is -1.88. The molecule has 0 aliphatic carbocycles. The number of carboxylic acids is 1. The number of hydrogen-bond donors (Lipinski definition) is 2. The number of nitrogens with two attached hydrogens (primary N) is 1. The molecular weight excluding hydrogens is 213 g/mol. The third kappa shape index (κ3) is 3.70. The first-order valence-corrected chi connectivity index (χ1v) is 4.64. The van der Waals surface area contributed by atoms with Gasteiger partial charge in [0.25, 0.3) is 0 Å². The largest absolute Gasteiger partial charge is 0.487 e. The van der Waals surface area contributed by atoms with Crippen molar-refractivity contribution in [2.24, 2.45) is 5.73 Å². The molecule has 0 spiro atoms. The number of rotatable bonds is 5. The van der Waals surface area contributed by atoms with Gasteiger partial charge in [0.2, 0.25) is 0 Å². The number of halogens is 1. The van der Waals surface area contributed by atoms with Crippen LogP contribution in [0.1, 0.15) is 10.4 Å². The summed E-state index contributed by atoms with van der Waals surface area (Å²) in [5.41, 5.74) is 5.27. The molecule has 86 valence electrons. The van der Waals surface area contributed by atoms with Crippen molar-refractivity contribution in [2.75, 3.05) is 13.2 Å². The molecule has 0 amide bonds. The lowest BCUT2D eigenvalue weighted by atomic mass is 10.2. The summed E-state index contributed by atoms with van der Waals surface area (Å²) >= 11 is 0. The van der Waals surface area contributed by atoms with Gasteiger partial charge in [-0.2, -0.15) is 0 Å². The zero-order chi connectivity index (χ0) is 12.0. The van der Waals surface area contributed by atoms with Crippen molar-refractivity contribution in [3.8, 4) is 5.75 Å². The first-order valence-electron chi connectivity index (χ1n) is 4.64. The van der Waals surface area contributed by atoms with E-state index in [0.717, 1.165) is 0 Å². The summed E-state index contributed by atoms with van der Waals surface area (Å²) < 4.78 is 17.9. The van der Waals surface area contributed by atoms with Crippen LogP contribution in [0, 0.1) is 0 Å². The van der Waals surface area contributed by atoms with E-state index in [1.165, 1.54) is 30.3 Å². The maximum Gasteiger partial charge on any atom is 0.335 e. The zero-order valence-corrected chi connectivity index (χ0v) is 8.52. The molecule has 0 aliphatic heterocycles. The molecule has 1 rings (SSSR count). The van der Waals surface area contributed by atoms with Crippen LogP contribution in [-0.2, 0) is 0 Å². The lowest BCUT2D eigenvalue weighted by Gasteiger charge is -2.04. The van der Waals surface area contributed by atoms with E-state index in [1.807, 2.05) is 0 Å². The molecule has 1 aromatic carbocycles. The van der Waals surface area contributed by atoms with Crippen molar-refractivity contribution in [3.05, 3.63) is 41.7 Å². The number of carbonyl (C=O) groups is 1. The summed E-state index contributed by atoms with van der Waals surface area (Å²) in [5.74, 6) is -1.06. The summed E-state index contributed by atoms with van der Waals surface area (Å²) in [4.78, 5) is 10.5. The molecular formula is C11H12FNO3. The highest BCUT2D eigenvalue weighted by Gasteiger charge is 2.02. The molecule has 0 bridgehead atoms. The van der Waals surface area contributed by atoms with E-state index < -0.39 is 11.8 Å². The van der Waals surface area contributed by atoms with Gasteiger partial charge in [-0.05, 0) is 30.3 Å². The minimum absolute atomic E-state index is 0.118. The fourth-order valence-corrected chi connectivity index (χ4v) is 1.03. The second-order valence-corrected chi connectivity index (χ2v) is 3.00. The first-order chi connectivity index (χ1) is 7.63. The summed E-state index contributed by atoms with van der Waals surface area (Å²) in [6, 6.07) is 5.72. The van der Waals surface area contributed by atoms with Crippen LogP contribution in [0.15, 0.2) is 36.2 Å². The van der Waals surface area contributed by atoms with Gasteiger partial charge in [0.15, 0.2) is 0 Å². The highest BCUT2D eigenvalue weighted by molar-refractivity contribution is 5.87. The van der Waals surface area contributed by atoms with Crippen LogP contribution in [0.2, 0.25) is 0 Å². The second kappa shape index (κ2) is 5.87. The van der Waals surface area contributed by atoms with Crippen molar-refractivity contribution in [2.45, 2.75) is 0 Å². The Balaban J connectivity index is 2.56. The van der Waals surface area contributed by atoms with Crippen LogP contribution >= 0.6 is 0 Å². The predicted molar refractivity (Wildman–Crippen MR) is 57.1 cm³/mol. The Morgan fingerprint density at radius 1 is 1.44 bits per heavy atom. The van der Waals surface area contributed by atoms with E-state index >= 15 is 0 Å². The third-order valence-electron chi connectivity index (χ3n) is 1.82. The maximum atomic E-state index is 12.9. The van der Waals surface area contributed by atoms with Gasteiger partial charge in [-0.1, -0.05) is 0 Å². The van der Waals surface area contributed by atoms with Crippen LogP contribution < -0.4 is 10.5 Å². The van der Waals surface area contributed by atoms with Crippen LogP contribution in [0.5, 0.6) is 5.75 Å². The fourth-order valence-electron chi connectivity index (χ4n) is 1.03. The Bertz CT molecular complexity index is 387. The Labute approximate surface area is 92.1 Å². The quantitative estimate of drug-likeness (QED) is 0.797. The molecule has 0 saturated heterocycles. The standard InChI is InChI=1S/C11H12FNO3/c12-9(5-6-13)7-16-10-3-1-8(2-4-10)11(14)15/h1-5H,6-7,13H2,(H,14,15)/b9-5+. The normalized spacial score (nSPS) is 11.2. The van der Waals surface area contributed by atoms with E-state index in [2.05, 4.69) is 0 Å². The smallest absolute Gasteiger partial charge is 0.335 e. The molecule has 0 unspecified atom stereocenters. The minimum Gasteiger partial charge on any atom is -0.487 e. The Kier molecular flexibility index (Phi) is 4.47. The number of carboxylic acid groups (broad SMARTS) is 1. The SMILES string of the molecule is NC/C=C(/F)COc1ccc(C(=O)O)cc1. The molecule has 16 heavy (non-hydrogen) atoms. The van der Waals surface area contributed by atoms with E-state index in [0.29, 0.717) is 5.75 Å². The van der Waals surface area contributed by atoms with Gasteiger partial charge in [-0.25, -0.2) is 9.18 Å². The fraction of sp³-hybridized carbons (Fsp3) is 0.182. The van der Waals surface area contributed by atoms with Crippen molar-refractivity contribution in [1.82, 2.24) is 0 Å². The molecule has 0 saturated carbocycles. The van der Waals surface area contributed by atoms with Crippen LogP contribution in [0.3, 0.4) is 0 Å². The minimum atomic E-state index is -1.01. The number of benzene rings is 1. The summed E-state index contributed by atoms with van der Waals surface area (Å²) in [5, 5.41) is 8.64. The zero-order valence-electron chi connectivity index (χ0n) is 8.52. The molecule has 0 radical (unpaired) electrons. The van der Waals surface area contributed by atoms with Crippen LogP contribution in [0.25, 0.3) is 0 Å². The summed E-state index contributed by atoms with van der Waals surface area (Å²) in [6.07, 6.45) is 1.21. The molecule has 1 aromatic rings. The van der Waals surface area contributed by atoms with Gasteiger partial charge in [0.1, 0.15) is 18.2 Å². The molecule has 5 heteroatoms. The van der Waals surface area contributed by atoms with Gasteiger partial charge in [-0.15, -0.1) is 0 Å². The van der Waals surface area contributed by atoms with Gasteiger partial charge < -0.3 is 15.6 Å². The van der Waals surface area contributed by atoms with Gasteiger partial charge in [-0.3, -0.25) is 0 Å². The molecule has 4 nitrogen and oxygen atoms in total. The molecule has 0 aromatic heterocycles. The van der Waals surface area contributed by atoms with Crippen molar-refractivity contribution in [1.29, 1.82) is 0 Å². The van der Waals surface area contributed by atoms with E-state index in [1.54, 1.807) is 0 Å². The molecule has 0 heterocycles. The number of hydrogen-bond acceptors (Lipinski definition) is 3. The van der Waals surface area contributed by atoms with Gasteiger partial charge in [0, 0.05) is 6.54 Å². The second-order valence-electron chi connectivity index (χ2n) is 3.00. The average Bonchev–Trinajstić information content (AvgIpc) is 2.27. The molecule has 0 aliphatic rings. The van der Waals surface area contributed by atoms with Crippen molar-refractivity contribution < 1.29 is 19.0 Å². The highest BCUT2D eigenvalue weighted by Crippen LogP contribution is 2.13. The Morgan fingerprint density at radius 2 is 2.06 bits per heavy atom. The molecule has 3 N–H and O–H groups in total. The average molecular weight is 225 g/mol. The maximum absolute atomic E-state index is 12.9. The molecule has 0 atom stereocenters. The van der Waals surface area contributed by atoms with Crippen molar-refractivity contribution in [3.63, 3.8) is 0 Å². The molecule has 0 fully saturated rings. The van der Waals surface area contributed by atoms with E-state index in [-0.39, 0.29) is 18.7 Å². The van der Waals surface area contributed by atoms with E-state index in [4.69, 9.17) is 15.6 Å². The highest BCUT2D eigenvalue weighted by atomic mass is 19.1. The topological polar surface area (TPSA) is 72.5 Å². The van der Waals surface area contributed by atoms with Crippen LogP contribution in [0.4, 0.5) is 4.39 Å². The predicted octanol–water partition coefficient (Wildman–Crippen LogP) is 1.58. The lowest BCUT2D eigenvalue weighted by Crippen LogP contribution is -2.02. The lowest BCUT2D eigenvalue weighted by molar-refractivity contribution is 0.0697. The van der Waals surface area contributed by atoms with E-state index in [9.17, 15) is 9.18 Å². The van der Waals surface area contributed by atoms with Gasteiger partial charge >= 0.3 is 5.97 Å². The third-order valence-corrected chi connectivity index (χ3v) is 1.82. The first kappa shape index (κ1) is 12.2. The number of aromatic carboxylic acids is 1. The summed E-state index contributed by atoms with van der Waals surface area (Å²) in [7, 11) is 0. The van der Waals surface area contributed by atoms with Crippen molar-refractivity contribution >= 4 is 5.97 Å². The Morgan fingerprint density at radius 3 is 2.56 bits per heavy atom. The van der Waals surface area contributed by atoms with Crippen LogP contribution in [-0.4, -0.2) is 24.2 Å².